The lowest BCUT2D eigenvalue weighted by Crippen LogP contribution is -2.22. The van der Waals surface area contributed by atoms with Crippen LogP contribution >= 0.6 is 0 Å². The summed E-state index contributed by atoms with van der Waals surface area (Å²) >= 11 is 0. The third kappa shape index (κ3) is 4.43. The first-order valence-electron chi connectivity index (χ1n) is 7.75. The molecule has 24 heavy (non-hydrogen) atoms. The van der Waals surface area contributed by atoms with Crippen molar-refractivity contribution in [2.45, 2.75) is 13.2 Å². The molecule has 0 aliphatic rings. The molecule has 0 saturated heterocycles. The van der Waals surface area contributed by atoms with E-state index >= 15 is 0 Å². The molecule has 4 nitrogen and oxygen atoms in total. The summed E-state index contributed by atoms with van der Waals surface area (Å²) in [6, 6.07) is 20.9. The lowest BCUT2D eigenvalue weighted by atomic mass is 10.1. The number of amides is 1. The van der Waals surface area contributed by atoms with E-state index in [-0.39, 0.29) is 5.91 Å². The molecular formula is C20H18N2O2. The lowest BCUT2D eigenvalue weighted by Gasteiger charge is -2.08. The van der Waals surface area contributed by atoms with Gasteiger partial charge in [-0.15, -0.1) is 0 Å². The van der Waals surface area contributed by atoms with Gasteiger partial charge in [-0.25, -0.2) is 0 Å². The Morgan fingerprint density at radius 2 is 1.58 bits per heavy atom. The van der Waals surface area contributed by atoms with Gasteiger partial charge in [-0.1, -0.05) is 30.3 Å². The topological polar surface area (TPSA) is 51.2 Å². The zero-order chi connectivity index (χ0) is 16.6. The first-order chi connectivity index (χ1) is 11.8. The molecule has 3 rings (SSSR count). The number of nitrogens with zero attached hydrogens (tertiary/aromatic N) is 1. The molecule has 4 heteroatoms. The Labute approximate surface area is 141 Å². The van der Waals surface area contributed by atoms with E-state index < -0.39 is 0 Å². The zero-order valence-electron chi connectivity index (χ0n) is 13.2. The van der Waals surface area contributed by atoms with Crippen molar-refractivity contribution >= 4 is 5.91 Å². The van der Waals surface area contributed by atoms with Crippen LogP contribution in [0, 0.1) is 0 Å². The van der Waals surface area contributed by atoms with Crippen molar-refractivity contribution < 1.29 is 9.53 Å². The standard InChI is InChI=1S/C20H18N2O2/c23-20(22-14-16-10-12-21-13-11-16)18-8-6-17(7-9-18)15-24-19-4-2-1-3-5-19/h1-13H,14-15H2,(H,22,23). The van der Waals surface area contributed by atoms with Crippen LogP contribution in [-0.2, 0) is 13.2 Å². The number of para-hydroxylation sites is 1. The lowest BCUT2D eigenvalue weighted by molar-refractivity contribution is 0.0951. The van der Waals surface area contributed by atoms with Crippen LogP contribution < -0.4 is 10.1 Å². The molecule has 120 valence electrons. The molecule has 0 aliphatic carbocycles. The molecule has 0 spiro atoms. The normalized spacial score (nSPS) is 10.2. The Morgan fingerprint density at radius 3 is 2.29 bits per heavy atom. The van der Waals surface area contributed by atoms with E-state index in [9.17, 15) is 4.79 Å². The SMILES string of the molecule is O=C(NCc1ccncc1)c1ccc(COc2ccccc2)cc1. The minimum atomic E-state index is -0.0951. The van der Waals surface area contributed by atoms with Gasteiger partial charge in [0, 0.05) is 24.5 Å². The number of rotatable bonds is 6. The van der Waals surface area contributed by atoms with Gasteiger partial charge in [-0.2, -0.15) is 0 Å². The van der Waals surface area contributed by atoms with Crippen LogP contribution in [0.4, 0.5) is 0 Å². The third-order valence-electron chi connectivity index (χ3n) is 3.57. The molecule has 0 saturated carbocycles. The quantitative estimate of drug-likeness (QED) is 0.755. The average molecular weight is 318 g/mol. The van der Waals surface area contributed by atoms with Gasteiger partial charge in [0.2, 0.25) is 0 Å². The van der Waals surface area contributed by atoms with Crippen molar-refractivity contribution in [2.75, 3.05) is 0 Å². The Morgan fingerprint density at radius 1 is 0.875 bits per heavy atom. The maximum atomic E-state index is 12.2. The van der Waals surface area contributed by atoms with E-state index in [2.05, 4.69) is 10.3 Å². The zero-order valence-corrected chi connectivity index (χ0v) is 13.2. The fraction of sp³-hybridized carbons (Fsp3) is 0.100. The number of carbonyl (C=O) groups excluding carboxylic acids is 1. The molecule has 1 N–H and O–H groups in total. The molecule has 0 atom stereocenters. The fourth-order valence-electron chi connectivity index (χ4n) is 2.22. The molecular weight excluding hydrogens is 300 g/mol. The van der Waals surface area contributed by atoms with Crippen LogP contribution in [0.3, 0.4) is 0 Å². The summed E-state index contributed by atoms with van der Waals surface area (Å²) in [5.41, 5.74) is 2.67. The Balaban J connectivity index is 1.53. The number of benzene rings is 2. The summed E-state index contributed by atoms with van der Waals surface area (Å²) < 4.78 is 5.69. The molecule has 1 amide bonds. The van der Waals surface area contributed by atoms with Crippen LogP contribution in [0.2, 0.25) is 0 Å². The van der Waals surface area contributed by atoms with Crippen LogP contribution in [0.15, 0.2) is 79.1 Å². The van der Waals surface area contributed by atoms with Crippen molar-refractivity contribution in [3.8, 4) is 5.75 Å². The van der Waals surface area contributed by atoms with Gasteiger partial charge in [0.05, 0.1) is 0 Å². The molecule has 0 bridgehead atoms. The average Bonchev–Trinajstić information content (AvgIpc) is 2.66. The number of aromatic nitrogens is 1. The van der Waals surface area contributed by atoms with E-state index in [1.54, 1.807) is 12.4 Å². The Hall–Kier alpha value is -3.14. The number of nitrogens with one attached hydrogen (secondary N) is 1. The van der Waals surface area contributed by atoms with Gasteiger partial charge in [0.25, 0.3) is 5.91 Å². The summed E-state index contributed by atoms with van der Waals surface area (Å²) in [5.74, 6) is 0.735. The van der Waals surface area contributed by atoms with Crippen molar-refractivity contribution in [1.29, 1.82) is 0 Å². The van der Waals surface area contributed by atoms with Gasteiger partial charge in [0.15, 0.2) is 0 Å². The van der Waals surface area contributed by atoms with Crippen molar-refractivity contribution in [2.24, 2.45) is 0 Å². The molecule has 0 fully saturated rings. The second kappa shape index (κ2) is 7.92. The Bertz CT molecular complexity index is 772. The maximum absolute atomic E-state index is 12.2. The number of hydrogen-bond acceptors (Lipinski definition) is 3. The third-order valence-corrected chi connectivity index (χ3v) is 3.57. The number of ether oxygens (including phenoxy) is 1. The molecule has 0 unspecified atom stereocenters. The fourth-order valence-corrected chi connectivity index (χ4v) is 2.22. The van der Waals surface area contributed by atoms with E-state index in [1.807, 2.05) is 66.7 Å². The maximum Gasteiger partial charge on any atom is 0.251 e. The van der Waals surface area contributed by atoms with Crippen LogP contribution in [0.5, 0.6) is 5.75 Å². The van der Waals surface area contributed by atoms with Crippen molar-refractivity contribution in [3.63, 3.8) is 0 Å². The molecule has 1 aromatic heterocycles. The first kappa shape index (κ1) is 15.7. The van der Waals surface area contributed by atoms with Gasteiger partial charge in [-0.3, -0.25) is 9.78 Å². The highest BCUT2D eigenvalue weighted by molar-refractivity contribution is 5.94. The largest absolute Gasteiger partial charge is 0.489 e. The van der Waals surface area contributed by atoms with Crippen molar-refractivity contribution in [1.82, 2.24) is 10.3 Å². The van der Waals surface area contributed by atoms with E-state index in [0.29, 0.717) is 18.7 Å². The summed E-state index contributed by atoms with van der Waals surface area (Å²) in [5, 5.41) is 2.89. The van der Waals surface area contributed by atoms with Crippen LogP contribution in [0.25, 0.3) is 0 Å². The highest BCUT2D eigenvalue weighted by Gasteiger charge is 2.05. The van der Waals surface area contributed by atoms with Gasteiger partial charge < -0.3 is 10.1 Å². The second-order valence-electron chi connectivity index (χ2n) is 5.34. The van der Waals surface area contributed by atoms with Crippen molar-refractivity contribution in [3.05, 3.63) is 95.8 Å². The minimum absolute atomic E-state index is 0.0951. The van der Waals surface area contributed by atoms with Gasteiger partial charge >= 0.3 is 0 Å². The van der Waals surface area contributed by atoms with Crippen LogP contribution in [-0.4, -0.2) is 10.9 Å². The molecule has 3 aromatic rings. The van der Waals surface area contributed by atoms with Crippen LogP contribution in [0.1, 0.15) is 21.5 Å². The van der Waals surface area contributed by atoms with E-state index in [4.69, 9.17) is 4.74 Å². The molecule has 0 radical (unpaired) electrons. The predicted octanol–water partition coefficient (Wildman–Crippen LogP) is 3.59. The summed E-state index contributed by atoms with van der Waals surface area (Å²) in [7, 11) is 0. The molecule has 2 aromatic carbocycles. The second-order valence-corrected chi connectivity index (χ2v) is 5.34. The highest BCUT2D eigenvalue weighted by Crippen LogP contribution is 2.12. The number of pyridine rings is 1. The van der Waals surface area contributed by atoms with E-state index in [0.717, 1.165) is 16.9 Å². The number of hydrogen-bond donors (Lipinski definition) is 1. The van der Waals surface area contributed by atoms with Gasteiger partial charge in [0.1, 0.15) is 12.4 Å². The molecule has 0 aliphatic heterocycles. The molecule has 1 heterocycles. The van der Waals surface area contributed by atoms with E-state index in [1.165, 1.54) is 0 Å². The minimum Gasteiger partial charge on any atom is -0.489 e. The first-order valence-corrected chi connectivity index (χ1v) is 7.75. The highest BCUT2D eigenvalue weighted by atomic mass is 16.5. The Kier molecular flexibility index (Phi) is 5.20. The summed E-state index contributed by atoms with van der Waals surface area (Å²) in [6.07, 6.45) is 3.42. The number of carbonyl (C=O) groups is 1. The smallest absolute Gasteiger partial charge is 0.251 e. The predicted molar refractivity (Wildman–Crippen MR) is 92.6 cm³/mol. The van der Waals surface area contributed by atoms with Gasteiger partial charge in [-0.05, 0) is 47.5 Å². The monoisotopic (exact) mass is 318 g/mol. The summed E-state index contributed by atoms with van der Waals surface area (Å²) in [6.45, 7) is 0.961. The summed E-state index contributed by atoms with van der Waals surface area (Å²) in [4.78, 5) is 16.1.